The van der Waals surface area contributed by atoms with Gasteiger partial charge in [-0.2, -0.15) is 9.78 Å². The average Bonchev–Trinajstić information content (AvgIpc) is 3.33. The second-order valence-electron chi connectivity index (χ2n) is 6.74. The Balaban J connectivity index is 1.78. The lowest BCUT2D eigenvalue weighted by Gasteiger charge is -2.13. The lowest BCUT2D eigenvalue weighted by molar-refractivity contribution is 0.574. The quantitative estimate of drug-likeness (QED) is 0.452. The minimum Gasteiger partial charge on any atom is -0.346 e. The van der Waals surface area contributed by atoms with Gasteiger partial charge in [0.25, 0.3) is 5.56 Å². The maximum Gasteiger partial charge on any atom is 0.283 e. The summed E-state index contributed by atoms with van der Waals surface area (Å²) in [4.78, 5) is 19.2. The van der Waals surface area contributed by atoms with E-state index in [2.05, 4.69) is 48.4 Å². The summed E-state index contributed by atoms with van der Waals surface area (Å²) in [5.74, 6) is 0. The van der Waals surface area contributed by atoms with Gasteiger partial charge in [-0.25, -0.2) is 4.98 Å². The van der Waals surface area contributed by atoms with Crippen molar-refractivity contribution < 1.29 is 0 Å². The van der Waals surface area contributed by atoms with Crippen LogP contribution in [-0.4, -0.2) is 20.4 Å². The molecule has 0 atom stereocenters. The molecule has 0 aliphatic heterocycles. The Bertz CT molecular complexity index is 1190. The molecule has 4 heterocycles. The van der Waals surface area contributed by atoms with Crippen molar-refractivity contribution in [3.8, 4) is 10.4 Å². The van der Waals surface area contributed by atoms with Crippen LogP contribution in [0.1, 0.15) is 36.8 Å². The molecule has 5 nitrogen and oxygen atoms in total. The van der Waals surface area contributed by atoms with Crippen LogP contribution in [0.3, 0.4) is 0 Å². The summed E-state index contributed by atoms with van der Waals surface area (Å²) in [5, 5.41) is 9.05. The summed E-state index contributed by atoms with van der Waals surface area (Å²) >= 11 is 3.11. The minimum atomic E-state index is -0.140. The smallest absolute Gasteiger partial charge is 0.283 e. The number of fused-ring (bicyclic) bond motifs is 1. The Morgan fingerprint density at radius 1 is 1.26 bits per heavy atom. The molecule has 0 unspecified atom stereocenters. The van der Waals surface area contributed by atoms with Gasteiger partial charge in [-0.05, 0) is 45.2 Å². The lowest BCUT2D eigenvalue weighted by Crippen LogP contribution is -2.16. The van der Waals surface area contributed by atoms with Crippen LogP contribution in [0.5, 0.6) is 0 Å². The fourth-order valence-corrected chi connectivity index (χ4v) is 5.19. The van der Waals surface area contributed by atoms with E-state index in [0.29, 0.717) is 11.4 Å². The Hall–Kier alpha value is -2.51. The van der Waals surface area contributed by atoms with Crippen LogP contribution in [0.2, 0.25) is 0 Å². The Labute approximate surface area is 165 Å². The van der Waals surface area contributed by atoms with Crippen LogP contribution in [-0.2, 0) is 0 Å². The van der Waals surface area contributed by atoms with Crippen LogP contribution in [0.25, 0.3) is 20.7 Å². The molecule has 4 aromatic rings. The third kappa shape index (κ3) is 3.07. The van der Waals surface area contributed by atoms with E-state index in [4.69, 9.17) is 0 Å². The van der Waals surface area contributed by atoms with Gasteiger partial charge in [0.05, 0.1) is 11.6 Å². The number of rotatable bonds is 4. The van der Waals surface area contributed by atoms with E-state index in [0.717, 1.165) is 26.5 Å². The van der Waals surface area contributed by atoms with Gasteiger partial charge in [-0.3, -0.25) is 4.79 Å². The van der Waals surface area contributed by atoms with Crippen LogP contribution >= 0.6 is 22.7 Å². The maximum atomic E-state index is 13.0. The van der Waals surface area contributed by atoms with Gasteiger partial charge >= 0.3 is 0 Å². The predicted octanol–water partition coefficient (Wildman–Crippen LogP) is 5.07. The highest BCUT2D eigenvalue weighted by molar-refractivity contribution is 7.18. The molecule has 0 N–H and O–H groups in total. The van der Waals surface area contributed by atoms with Crippen molar-refractivity contribution in [1.82, 2.24) is 14.2 Å². The van der Waals surface area contributed by atoms with E-state index in [1.54, 1.807) is 17.6 Å². The largest absolute Gasteiger partial charge is 0.346 e. The summed E-state index contributed by atoms with van der Waals surface area (Å²) in [6.45, 7) is 8.48. The van der Waals surface area contributed by atoms with E-state index in [1.807, 2.05) is 22.9 Å². The third-order valence-electron chi connectivity index (χ3n) is 4.63. The topological polar surface area (TPSA) is 52.2 Å². The maximum absolute atomic E-state index is 13.0. The number of thiophene rings is 2. The van der Waals surface area contributed by atoms with Crippen molar-refractivity contribution in [1.29, 1.82) is 0 Å². The molecule has 0 radical (unpaired) electrons. The first kappa shape index (κ1) is 17.9. The molecule has 138 valence electrons. The monoisotopic (exact) mass is 396 g/mol. The number of aryl methyl sites for hydroxylation is 1. The van der Waals surface area contributed by atoms with Gasteiger partial charge in [0.1, 0.15) is 11.2 Å². The number of aromatic nitrogens is 3. The van der Waals surface area contributed by atoms with Gasteiger partial charge in [0.2, 0.25) is 0 Å². The highest BCUT2D eigenvalue weighted by atomic mass is 32.1. The molecule has 0 bridgehead atoms. The summed E-state index contributed by atoms with van der Waals surface area (Å²) in [6, 6.07) is 6.48. The first-order chi connectivity index (χ1) is 13.0. The van der Waals surface area contributed by atoms with Crippen molar-refractivity contribution in [2.24, 2.45) is 5.10 Å². The Morgan fingerprint density at radius 3 is 2.74 bits per heavy atom. The van der Waals surface area contributed by atoms with Crippen LogP contribution in [0.15, 0.2) is 45.2 Å². The second-order valence-corrected chi connectivity index (χ2v) is 8.54. The van der Waals surface area contributed by atoms with Crippen molar-refractivity contribution in [2.45, 2.75) is 33.7 Å². The first-order valence-electron chi connectivity index (χ1n) is 8.73. The number of hydrogen-bond donors (Lipinski definition) is 0. The third-order valence-corrected chi connectivity index (χ3v) is 6.42. The zero-order valence-electron chi connectivity index (χ0n) is 15.6. The van der Waals surface area contributed by atoms with Gasteiger partial charge in [-0.1, -0.05) is 6.07 Å². The summed E-state index contributed by atoms with van der Waals surface area (Å²) in [5.41, 5.74) is 4.13. The fourth-order valence-electron chi connectivity index (χ4n) is 3.47. The van der Waals surface area contributed by atoms with Gasteiger partial charge in [0, 0.05) is 38.8 Å². The van der Waals surface area contributed by atoms with Crippen LogP contribution in [0.4, 0.5) is 0 Å². The first-order valence-corrected chi connectivity index (χ1v) is 10.5. The number of nitrogens with zero attached hydrogens (tertiary/aromatic N) is 4. The lowest BCUT2D eigenvalue weighted by atomic mass is 10.2. The van der Waals surface area contributed by atoms with Crippen molar-refractivity contribution >= 4 is 39.1 Å². The second kappa shape index (κ2) is 6.90. The molecule has 0 saturated heterocycles. The van der Waals surface area contributed by atoms with Gasteiger partial charge in [-0.15, -0.1) is 22.7 Å². The normalized spacial score (nSPS) is 12.0. The molecule has 0 spiro atoms. The predicted molar refractivity (Wildman–Crippen MR) is 114 cm³/mol. The van der Waals surface area contributed by atoms with Crippen molar-refractivity contribution in [2.75, 3.05) is 0 Å². The molecule has 0 amide bonds. The average molecular weight is 397 g/mol. The minimum absolute atomic E-state index is 0.140. The highest BCUT2D eigenvalue weighted by Gasteiger charge is 2.14. The van der Waals surface area contributed by atoms with E-state index >= 15 is 0 Å². The van der Waals surface area contributed by atoms with E-state index < -0.39 is 0 Å². The zero-order valence-corrected chi connectivity index (χ0v) is 17.3. The van der Waals surface area contributed by atoms with Crippen LogP contribution in [0, 0.1) is 13.8 Å². The zero-order chi connectivity index (χ0) is 19.1. The van der Waals surface area contributed by atoms with E-state index in [-0.39, 0.29) is 5.56 Å². The van der Waals surface area contributed by atoms with Crippen molar-refractivity contribution in [3.63, 3.8) is 0 Å². The number of hydrogen-bond acceptors (Lipinski definition) is 5. The molecular formula is C20H20N4OS2. The molecule has 7 heteroatoms. The van der Waals surface area contributed by atoms with Crippen molar-refractivity contribution in [3.05, 3.63) is 62.6 Å². The molecule has 0 saturated carbocycles. The summed E-state index contributed by atoms with van der Waals surface area (Å²) in [6.07, 6.45) is 3.24. The molecule has 0 aromatic carbocycles. The molecule has 4 aromatic heterocycles. The molecule has 0 aliphatic rings. The molecule has 0 aliphatic carbocycles. The molecule has 0 fully saturated rings. The summed E-state index contributed by atoms with van der Waals surface area (Å²) < 4.78 is 3.59. The SMILES string of the molecule is Cc1cc(/C=N\n2cnc3scc(-c4cccs4)c3c2=O)c(C)n1C(C)C. The summed E-state index contributed by atoms with van der Waals surface area (Å²) in [7, 11) is 0. The highest BCUT2D eigenvalue weighted by Crippen LogP contribution is 2.33. The molecule has 27 heavy (non-hydrogen) atoms. The van der Waals surface area contributed by atoms with E-state index in [9.17, 15) is 4.79 Å². The molecule has 4 rings (SSSR count). The molecular weight excluding hydrogens is 376 g/mol. The van der Waals surface area contributed by atoms with Gasteiger partial charge < -0.3 is 4.57 Å². The van der Waals surface area contributed by atoms with Crippen LogP contribution < -0.4 is 5.56 Å². The Kier molecular flexibility index (Phi) is 4.57. The standard InChI is InChI=1S/C20H20N4OS2/c1-12(2)24-13(3)8-15(14(24)4)9-22-23-11-21-19-18(20(23)25)16(10-27-19)17-6-5-7-26-17/h5-12H,1-4H3/b22-9-. The van der Waals surface area contributed by atoms with Gasteiger partial charge in [0.15, 0.2) is 0 Å². The Morgan fingerprint density at radius 2 is 2.07 bits per heavy atom. The fraction of sp³-hybridized carbons (Fsp3) is 0.250. The van der Waals surface area contributed by atoms with E-state index in [1.165, 1.54) is 28.0 Å².